The zero-order chi connectivity index (χ0) is 20.6. The number of piperidine rings is 1. The molecule has 0 saturated carbocycles. The van der Waals surface area contributed by atoms with Crippen molar-refractivity contribution in [2.45, 2.75) is 31.8 Å². The van der Waals surface area contributed by atoms with Gasteiger partial charge in [-0.2, -0.15) is 0 Å². The van der Waals surface area contributed by atoms with E-state index in [9.17, 15) is 9.59 Å². The zero-order valence-corrected chi connectivity index (χ0v) is 18.4. The topological polar surface area (TPSA) is 61.9 Å². The molecule has 1 aliphatic rings. The number of likely N-dealkylation sites (tertiary alicyclic amines) is 1. The Kier molecular flexibility index (Phi) is 9.15. The van der Waals surface area contributed by atoms with Crippen LogP contribution in [-0.4, -0.2) is 55.0 Å². The lowest BCUT2D eigenvalue weighted by atomic mass is 10.0. The molecular formula is C23H30ClN3O3. The maximum absolute atomic E-state index is 12.5. The number of rotatable bonds is 6. The number of nitrogens with one attached hydrogen (secondary N) is 1. The predicted molar refractivity (Wildman–Crippen MR) is 120 cm³/mol. The van der Waals surface area contributed by atoms with E-state index in [4.69, 9.17) is 4.74 Å². The summed E-state index contributed by atoms with van der Waals surface area (Å²) in [5.74, 6) is 0.450. The minimum Gasteiger partial charge on any atom is -0.410 e. The lowest BCUT2D eigenvalue weighted by molar-refractivity contribution is -0.121. The lowest BCUT2D eigenvalue weighted by Crippen LogP contribution is -2.44. The Labute approximate surface area is 184 Å². The molecule has 0 aliphatic carbocycles. The van der Waals surface area contributed by atoms with Gasteiger partial charge in [-0.05, 0) is 36.1 Å². The molecule has 1 saturated heterocycles. The van der Waals surface area contributed by atoms with Crippen molar-refractivity contribution >= 4 is 24.4 Å². The fourth-order valence-corrected chi connectivity index (χ4v) is 3.45. The fourth-order valence-electron chi connectivity index (χ4n) is 3.45. The summed E-state index contributed by atoms with van der Waals surface area (Å²) in [4.78, 5) is 27.9. The van der Waals surface area contributed by atoms with E-state index in [1.165, 1.54) is 10.5 Å². The molecule has 0 bridgehead atoms. The Bertz CT molecular complexity index is 821. The number of carbonyl (C=O) groups excluding carboxylic acids is 2. The highest BCUT2D eigenvalue weighted by Crippen LogP contribution is 2.16. The van der Waals surface area contributed by atoms with E-state index in [0.717, 1.165) is 38.0 Å². The molecule has 162 valence electrons. The molecule has 1 N–H and O–H groups in total. The van der Waals surface area contributed by atoms with Crippen LogP contribution in [0.4, 0.5) is 4.79 Å². The Morgan fingerprint density at radius 2 is 1.70 bits per heavy atom. The molecule has 1 fully saturated rings. The molecule has 7 heteroatoms. The Morgan fingerprint density at radius 3 is 2.37 bits per heavy atom. The quantitative estimate of drug-likeness (QED) is 0.760. The third-order valence-electron chi connectivity index (χ3n) is 5.04. The van der Waals surface area contributed by atoms with E-state index in [-0.39, 0.29) is 30.8 Å². The molecular weight excluding hydrogens is 402 g/mol. The average Bonchev–Trinajstić information content (AvgIpc) is 2.70. The van der Waals surface area contributed by atoms with Gasteiger partial charge in [-0.15, -0.1) is 12.4 Å². The average molecular weight is 432 g/mol. The Balaban J connectivity index is 0.00000320. The van der Waals surface area contributed by atoms with E-state index in [1.807, 2.05) is 12.1 Å². The van der Waals surface area contributed by atoms with Gasteiger partial charge < -0.3 is 15.0 Å². The standard InChI is InChI=1S/C23H29N3O3.ClH/c1-25(2)23(28)29-21-10-6-9-19(15-21)16-22(27)24-20-11-13-26(14-12-20)17-18-7-4-3-5-8-18;/h3-10,15,20H,11-14,16-17H2,1-2H3,(H,24,27);1H. The molecule has 2 amide bonds. The molecule has 0 spiro atoms. The summed E-state index contributed by atoms with van der Waals surface area (Å²) in [5, 5.41) is 3.15. The van der Waals surface area contributed by atoms with E-state index in [2.05, 4.69) is 34.5 Å². The minimum atomic E-state index is -0.436. The Morgan fingerprint density at radius 1 is 1.03 bits per heavy atom. The van der Waals surface area contributed by atoms with Crippen molar-refractivity contribution in [3.63, 3.8) is 0 Å². The van der Waals surface area contributed by atoms with Gasteiger partial charge >= 0.3 is 6.09 Å². The van der Waals surface area contributed by atoms with Crippen LogP contribution in [0.3, 0.4) is 0 Å². The number of benzene rings is 2. The van der Waals surface area contributed by atoms with Gasteiger partial charge in [-0.1, -0.05) is 42.5 Å². The summed E-state index contributed by atoms with van der Waals surface area (Å²) >= 11 is 0. The maximum Gasteiger partial charge on any atom is 0.414 e. The van der Waals surface area contributed by atoms with Crippen LogP contribution in [0.25, 0.3) is 0 Å². The van der Waals surface area contributed by atoms with Crippen molar-refractivity contribution in [3.05, 3.63) is 65.7 Å². The van der Waals surface area contributed by atoms with Gasteiger partial charge in [-0.25, -0.2) is 4.79 Å². The van der Waals surface area contributed by atoms with Gasteiger partial charge in [-0.3, -0.25) is 9.69 Å². The van der Waals surface area contributed by atoms with Crippen molar-refractivity contribution in [2.75, 3.05) is 27.2 Å². The highest BCUT2D eigenvalue weighted by Gasteiger charge is 2.21. The van der Waals surface area contributed by atoms with Gasteiger partial charge in [0.1, 0.15) is 5.75 Å². The first kappa shape index (κ1) is 23.7. The Hall–Kier alpha value is -2.57. The van der Waals surface area contributed by atoms with Crippen molar-refractivity contribution in [3.8, 4) is 5.75 Å². The molecule has 0 radical (unpaired) electrons. The van der Waals surface area contributed by atoms with Crippen molar-refractivity contribution < 1.29 is 14.3 Å². The first-order valence-electron chi connectivity index (χ1n) is 10.0. The van der Waals surface area contributed by atoms with Crippen molar-refractivity contribution in [1.82, 2.24) is 15.1 Å². The van der Waals surface area contributed by atoms with Crippen molar-refractivity contribution in [2.24, 2.45) is 0 Å². The van der Waals surface area contributed by atoms with Gasteiger partial charge in [0.25, 0.3) is 0 Å². The lowest BCUT2D eigenvalue weighted by Gasteiger charge is -2.32. The largest absolute Gasteiger partial charge is 0.414 e. The van der Waals surface area contributed by atoms with Gasteiger partial charge in [0.2, 0.25) is 5.91 Å². The highest BCUT2D eigenvalue weighted by atomic mass is 35.5. The molecule has 6 nitrogen and oxygen atoms in total. The number of amides is 2. The second kappa shape index (κ2) is 11.6. The maximum atomic E-state index is 12.5. The van der Waals surface area contributed by atoms with Crippen LogP contribution in [0.15, 0.2) is 54.6 Å². The number of hydrogen-bond donors (Lipinski definition) is 1. The van der Waals surface area contributed by atoms with E-state index >= 15 is 0 Å². The molecule has 1 aliphatic heterocycles. The van der Waals surface area contributed by atoms with Crippen LogP contribution in [-0.2, 0) is 17.8 Å². The number of carbonyl (C=O) groups is 2. The molecule has 0 atom stereocenters. The molecule has 30 heavy (non-hydrogen) atoms. The smallest absolute Gasteiger partial charge is 0.410 e. The fraction of sp³-hybridized carbons (Fsp3) is 0.391. The molecule has 3 rings (SSSR count). The summed E-state index contributed by atoms with van der Waals surface area (Å²) in [6.07, 6.45) is 1.75. The van der Waals surface area contributed by atoms with Crippen LogP contribution in [0.1, 0.15) is 24.0 Å². The van der Waals surface area contributed by atoms with Crippen LogP contribution in [0.5, 0.6) is 5.75 Å². The predicted octanol–water partition coefficient (Wildman–Crippen LogP) is 3.49. The van der Waals surface area contributed by atoms with E-state index in [0.29, 0.717) is 5.75 Å². The van der Waals surface area contributed by atoms with Crippen LogP contribution in [0.2, 0.25) is 0 Å². The molecule has 0 aromatic heterocycles. The second-order valence-corrected chi connectivity index (χ2v) is 7.69. The normalized spacial score (nSPS) is 14.5. The monoisotopic (exact) mass is 431 g/mol. The first-order valence-corrected chi connectivity index (χ1v) is 10.0. The van der Waals surface area contributed by atoms with Gasteiger partial charge in [0.05, 0.1) is 6.42 Å². The summed E-state index contributed by atoms with van der Waals surface area (Å²) in [6.45, 7) is 2.92. The summed E-state index contributed by atoms with van der Waals surface area (Å²) in [6, 6.07) is 17.8. The number of nitrogens with zero attached hydrogens (tertiary/aromatic N) is 2. The van der Waals surface area contributed by atoms with Crippen LogP contribution >= 0.6 is 12.4 Å². The number of ether oxygens (including phenoxy) is 1. The second-order valence-electron chi connectivity index (χ2n) is 7.69. The van der Waals surface area contributed by atoms with Gasteiger partial charge in [0, 0.05) is 39.8 Å². The summed E-state index contributed by atoms with van der Waals surface area (Å²) < 4.78 is 5.26. The third kappa shape index (κ3) is 7.35. The first-order chi connectivity index (χ1) is 14.0. The van der Waals surface area contributed by atoms with Crippen LogP contribution < -0.4 is 10.1 Å². The number of halogens is 1. The third-order valence-corrected chi connectivity index (χ3v) is 5.04. The minimum absolute atomic E-state index is 0. The molecule has 2 aromatic carbocycles. The number of hydrogen-bond acceptors (Lipinski definition) is 4. The van der Waals surface area contributed by atoms with E-state index < -0.39 is 6.09 Å². The van der Waals surface area contributed by atoms with Crippen molar-refractivity contribution in [1.29, 1.82) is 0 Å². The van der Waals surface area contributed by atoms with Crippen LogP contribution in [0, 0.1) is 0 Å². The zero-order valence-electron chi connectivity index (χ0n) is 17.5. The molecule has 0 unspecified atom stereocenters. The summed E-state index contributed by atoms with van der Waals surface area (Å²) in [7, 11) is 3.26. The SMILES string of the molecule is CN(C)C(=O)Oc1cccc(CC(=O)NC2CCN(Cc3ccccc3)CC2)c1.Cl. The molecule has 1 heterocycles. The summed E-state index contributed by atoms with van der Waals surface area (Å²) in [5.41, 5.74) is 2.15. The van der Waals surface area contributed by atoms with Gasteiger partial charge in [0.15, 0.2) is 0 Å². The van der Waals surface area contributed by atoms with E-state index in [1.54, 1.807) is 32.3 Å². The molecule has 2 aromatic rings. The highest BCUT2D eigenvalue weighted by molar-refractivity contribution is 5.85.